The van der Waals surface area contributed by atoms with Gasteiger partial charge in [-0.05, 0) is 24.6 Å². The molecule has 0 spiro atoms. The Hall–Kier alpha value is -2.67. The van der Waals surface area contributed by atoms with Gasteiger partial charge in [-0.25, -0.2) is 4.98 Å². The van der Waals surface area contributed by atoms with Crippen LogP contribution in [0.15, 0.2) is 30.5 Å². The predicted octanol–water partition coefficient (Wildman–Crippen LogP) is 1.80. The molecule has 3 heterocycles. The molecule has 1 aromatic carbocycles. The van der Waals surface area contributed by atoms with Crippen LogP contribution in [0.3, 0.4) is 0 Å². The van der Waals surface area contributed by atoms with E-state index < -0.39 is 0 Å². The fourth-order valence-corrected chi connectivity index (χ4v) is 2.68. The van der Waals surface area contributed by atoms with Crippen molar-refractivity contribution in [2.24, 2.45) is 0 Å². The molecule has 1 fully saturated rings. The maximum atomic E-state index is 5.85. The third kappa shape index (κ3) is 2.35. The molecule has 7 heteroatoms. The SMILES string of the molecule is Nc1nc(NC2CCOC2)c2ccc(-c3ccn[nH]3)cc2n1. The molecule has 1 atom stereocenters. The second-order valence-electron chi connectivity index (χ2n) is 5.34. The van der Waals surface area contributed by atoms with Gasteiger partial charge in [0.25, 0.3) is 0 Å². The van der Waals surface area contributed by atoms with Crippen LogP contribution in [0.5, 0.6) is 0 Å². The number of benzene rings is 1. The Bertz CT molecular complexity index is 795. The van der Waals surface area contributed by atoms with Gasteiger partial charge in [0.05, 0.1) is 23.9 Å². The number of H-pyrrole nitrogens is 1. The molecule has 1 aliphatic rings. The number of hydrogen-bond donors (Lipinski definition) is 3. The standard InChI is InChI=1S/C15H16N6O/c16-15-19-13-7-9(12-3-5-17-21-12)1-2-11(13)14(20-15)18-10-4-6-22-8-10/h1-3,5,7,10H,4,6,8H2,(H,17,21)(H3,16,18,19,20). The smallest absolute Gasteiger partial charge is 0.222 e. The average Bonchev–Trinajstić information content (AvgIpc) is 3.20. The summed E-state index contributed by atoms with van der Waals surface area (Å²) >= 11 is 0. The lowest BCUT2D eigenvalue weighted by Gasteiger charge is -2.14. The Kier molecular flexibility index (Phi) is 3.12. The highest BCUT2D eigenvalue weighted by Gasteiger charge is 2.17. The summed E-state index contributed by atoms with van der Waals surface area (Å²) in [5, 5.41) is 11.3. The van der Waals surface area contributed by atoms with E-state index in [1.54, 1.807) is 6.20 Å². The van der Waals surface area contributed by atoms with E-state index in [9.17, 15) is 0 Å². The van der Waals surface area contributed by atoms with Gasteiger partial charge in [-0.1, -0.05) is 6.07 Å². The molecule has 4 rings (SSSR count). The number of nitrogens with zero attached hydrogens (tertiary/aromatic N) is 3. The molecule has 7 nitrogen and oxygen atoms in total. The van der Waals surface area contributed by atoms with E-state index in [1.807, 2.05) is 24.3 Å². The Morgan fingerprint density at radius 1 is 1.27 bits per heavy atom. The zero-order valence-corrected chi connectivity index (χ0v) is 11.9. The van der Waals surface area contributed by atoms with Crippen molar-refractivity contribution in [3.05, 3.63) is 30.5 Å². The molecule has 0 aliphatic carbocycles. The summed E-state index contributed by atoms with van der Waals surface area (Å²) < 4.78 is 5.39. The van der Waals surface area contributed by atoms with E-state index in [4.69, 9.17) is 10.5 Å². The van der Waals surface area contributed by atoms with E-state index in [0.717, 1.165) is 41.0 Å². The van der Waals surface area contributed by atoms with Crippen molar-refractivity contribution in [2.45, 2.75) is 12.5 Å². The van der Waals surface area contributed by atoms with Gasteiger partial charge in [0.2, 0.25) is 5.95 Å². The lowest BCUT2D eigenvalue weighted by atomic mass is 10.1. The first kappa shape index (κ1) is 13.0. The number of hydrogen-bond acceptors (Lipinski definition) is 6. The molecule has 22 heavy (non-hydrogen) atoms. The lowest BCUT2D eigenvalue weighted by molar-refractivity contribution is 0.195. The van der Waals surface area contributed by atoms with Crippen LogP contribution in [0.25, 0.3) is 22.2 Å². The number of fused-ring (bicyclic) bond motifs is 1. The highest BCUT2D eigenvalue weighted by molar-refractivity contribution is 5.92. The van der Waals surface area contributed by atoms with Crippen LogP contribution in [0.1, 0.15) is 6.42 Å². The minimum absolute atomic E-state index is 0.260. The van der Waals surface area contributed by atoms with Gasteiger partial charge in [0, 0.05) is 23.8 Å². The monoisotopic (exact) mass is 296 g/mol. The number of nitrogens with two attached hydrogens (primary N) is 1. The first-order chi connectivity index (χ1) is 10.8. The van der Waals surface area contributed by atoms with Gasteiger partial charge < -0.3 is 15.8 Å². The quantitative estimate of drug-likeness (QED) is 0.681. The summed E-state index contributed by atoms with van der Waals surface area (Å²) in [4.78, 5) is 8.68. The summed E-state index contributed by atoms with van der Waals surface area (Å²) in [6, 6.07) is 8.19. The molecular weight excluding hydrogens is 280 g/mol. The summed E-state index contributed by atoms with van der Waals surface area (Å²) in [7, 11) is 0. The van der Waals surface area contributed by atoms with Crippen LogP contribution in [0, 0.1) is 0 Å². The van der Waals surface area contributed by atoms with Gasteiger partial charge in [0.15, 0.2) is 0 Å². The van der Waals surface area contributed by atoms with Crippen molar-refractivity contribution in [3.63, 3.8) is 0 Å². The fourth-order valence-electron chi connectivity index (χ4n) is 2.68. The van der Waals surface area contributed by atoms with Gasteiger partial charge in [-0.2, -0.15) is 10.1 Å². The van der Waals surface area contributed by atoms with Crippen LogP contribution in [-0.2, 0) is 4.74 Å². The average molecular weight is 296 g/mol. The van der Waals surface area contributed by atoms with Gasteiger partial charge in [-0.15, -0.1) is 0 Å². The molecule has 2 aromatic heterocycles. The maximum absolute atomic E-state index is 5.85. The normalized spacial score (nSPS) is 17.9. The molecule has 0 amide bonds. The van der Waals surface area contributed by atoms with E-state index in [-0.39, 0.29) is 12.0 Å². The van der Waals surface area contributed by atoms with Crippen LogP contribution in [0.2, 0.25) is 0 Å². The number of anilines is 2. The van der Waals surface area contributed by atoms with Gasteiger partial charge >= 0.3 is 0 Å². The number of ether oxygens (including phenoxy) is 1. The fraction of sp³-hybridized carbons (Fsp3) is 0.267. The maximum Gasteiger partial charge on any atom is 0.222 e. The van der Waals surface area contributed by atoms with Crippen molar-refractivity contribution >= 4 is 22.7 Å². The lowest BCUT2D eigenvalue weighted by Crippen LogP contribution is -2.20. The Labute approximate surface area is 126 Å². The number of aromatic nitrogens is 4. The highest BCUT2D eigenvalue weighted by Crippen LogP contribution is 2.27. The summed E-state index contributed by atoms with van der Waals surface area (Å²) in [6.07, 6.45) is 2.69. The van der Waals surface area contributed by atoms with Crippen molar-refractivity contribution in [1.82, 2.24) is 20.2 Å². The first-order valence-electron chi connectivity index (χ1n) is 7.21. The van der Waals surface area contributed by atoms with Gasteiger partial charge in [-0.3, -0.25) is 5.10 Å². The van der Waals surface area contributed by atoms with Gasteiger partial charge in [0.1, 0.15) is 5.82 Å². The largest absolute Gasteiger partial charge is 0.379 e. The molecule has 112 valence electrons. The minimum Gasteiger partial charge on any atom is -0.379 e. The van der Waals surface area contributed by atoms with Crippen molar-refractivity contribution in [3.8, 4) is 11.3 Å². The molecule has 3 aromatic rings. The molecule has 4 N–H and O–H groups in total. The summed E-state index contributed by atoms with van der Waals surface area (Å²) in [5.74, 6) is 1.02. The number of rotatable bonds is 3. The first-order valence-corrected chi connectivity index (χ1v) is 7.21. The third-order valence-electron chi connectivity index (χ3n) is 3.80. The Morgan fingerprint density at radius 2 is 2.23 bits per heavy atom. The third-order valence-corrected chi connectivity index (χ3v) is 3.80. The number of nitrogen functional groups attached to an aromatic ring is 1. The molecule has 1 saturated heterocycles. The molecule has 0 bridgehead atoms. The van der Waals surface area contributed by atoms with Crippen LogP contribution in [-0.4, -0.2) is 39.4 Å². The zero-order chi connectivity index (χ0) is 14.9. The topological polar surface area (TPSA) is 102 Å². The number of aromatic amines is 1. The van der Waals surface area contributed by atoms with E-state index >= 15 is 0 Å². The van der Waals surface area contributed by atoms with Crippen LogP contribution >= 0.6 is 0 Å². The van der Waals surface area contributed by atoms with E-state index in [1.165, 1.54) is 0 Å². The minimum atomic E-state index is 0.260. The van der Waals surface area contributed by atoms with Crippen molar-refractivity contribution in [1.29, 1.82) is 0 Å². The molecule has 0 saturated carbocycles. The second kappa shape index (κ2) is 5.27. The summed E-state index contributed by atoms with van der Waals surface area (Å²) in [5.41, 5.74) is 8.62. The van der Waals surface area contributed by atoms with E-state index in [0.29, 0.717) is 6.61 Å². The van der Waals surface area contributed by atoms with Crippen molar-refractivity contribution < 1.29 is 4.74 Å². The zero-order valence-electron chi connectivity index (χ0n) is 11.9. The second-order valence-corrected chi connectivity index (χ2v) is 5.34. The predicted molar refractivity (Wildman–Crippen MR) is 84.4 cm³/mol. The Balaban J connectivity index is 1.77. The molecule has 1 unspecified atom stereocenters. The molecule has 1 aliphatic heterocycles. The van der Waals surface area contributed by atoms with Crippen LogP contribution < -0.4 is 11.1 Å². The van der Waals surface area contributed by atoms with E-state index in [2.05, 4.69) is 25.5 Å². The Morgan fingerprint density at radius 3 is 3.00 bits per heavy atom. The van der Waals surface area contributed by atoms with Crippen molar-refractivity contribution in [2.75, 3.05) is 24.3 Å². The summed E-state index contributed by atoms with van der Waals surface area (Å²) in [6.45, 7) is 1.47. The number of nitrogens with one attached hydrogen (secondary N) is 2. The van der Waals surface area contributed by atoms with Crippen LogP contribution in [0.4, 0.5) is 11.8 Å². The highest BCUT2D eigenvalue weighted by atomic mass is 16.5. The molecular formula is C15H16N6O. The molecule has 0 radical (unpaired) electrons.